The van der Waals surface area contributed by atoms with E-state index in [1.54, 1.807) is 29.9 Å². The lowest BCUT2D eigenvalue weighted by atomic mass is 10.1. The second-order valence-corrected chi connectivity index (χ2v) is 5.04. The zero-order chi connectivity index (χ0) is 14.2. The molecule has 0 radical (unpaired) electrons. The number of carbonyl (C=O) groups is 1. The van der Waals surface area contributed by atoms with Crippen LogP contribution in [0.2, 0.25) is 0 Å². The highest BCUT2D eigenvalue weighted by atomic mass is 79.9. The molecule has 0 saturated carbocycles. The standard InChI is InChI=1S/C13H15BrN4O/c1-7-12(14)8(2)18(17-7)11-5-4-9(6-10(11)15)13(19)16-3/h4-6H,15H2,1-3H3,(H,16,19). The normalized spacial score (nSPS) is 10.5. The lowest BCUT2D eigenvalue weighted by Crippen LogP contribution is -2.18. The van der Waals surface area contributed by atoms with Gasteiger partial charge in [-0.05, 0) is 48.0 Å². The van der Waals surface area contributed by atoms with Gasteiger partial charge in [0.2, 0.25) is 0 Å². The highest BCUT2D eigenvalue weighted by Crippen LogP contribution is 2.26. The number of hydrogen-bond acceptors (Lipinski definition) is 3. The molecule has 0 aliphatic heterocycles. The number of amides is 1. The number of aromatic nitrogens is 2. The molecule has 3 N–H and O–H groups in total. The van der Waals surface area contributed by atoms with Crippen LogP contribution < -0.4 is 11.1 Å². The first-order valence-corrected chi connectivity index (χ1v) is 6.58. The predicted octanol–water partition coefficient (Wildman–Crippen LogP) is 2.19. The molecule has 0 spiro atoms. The molecule has 6 heteroatoms. The minimum absolute atomic E-state index is 0.159. The van der Waals surface area contributed by atoms with Gasteiger partial charge in [0.15, 0.2) is 0 Å². The molecule has 0 bridgehead atoms. The van der Waals surface area contributed by atoms with Crippen molar-refractivity contribution in [1.29, 1.82) is 0 Å². The zero-order valence-electron chi connectivity index (χ0n) is 11.0. The van der Waals surface area contributed by atoms with Crippen molar-refractivity contribution < 1.29 is 4.79 Å². The number of nitrogens with one attached hydrogen (secondary N) is 1. The number of hydrogen-bond donors (Lipinski definition) is 2. The molecule has 19 heavy (non-hydrogen) atoms. The molecule has 2 rings (SSSR count). The Morgan fingerprint density at radius 1 is 1.42 bits per heavy atom. The van der Waals surface area contributed by atoms with Gasteiger partial charge in [0.05, 0.1) is 27.2 Å². The molecule has 5 nitrogen and oxygen atoms in total. The Kier molecular flexibility index (Phi) is 3.61. The van der Waals surface area contributed by atoms with Crippen molar-refractivity contribution in [1.82, 2.24) is 15.1 Å². The second-order valence-electron chi connectivity index (χ2n) is 4.25. The fourth-order valence-electron chi connectivity index (χ4n) is 1.89. The van der Waals surface area contributed by atoms with E-state index in [1.165, 1.54) is 0 Å². The molecule has 0 atom stereocenters. The van der Waals surface area contributed by atoms with Crippen molar-refractivity contribution in [2.45, 2.75) is 13.8 Å². The monoisotopic (exact) mass is 322 g/mol. The summed E-state index contributed by atoms with van der Waals surface area (Å²) in [5, 5.41) is 6.99. The molecule has 1 amide bonds. The largest absolute Gasteiger partial charge is 0.397 e. The van der Waals surface area contributed by atoms with E-state index in [2.05, 4.69) is 26.3 Å². The molecule has 100 valence electrons. The van der Waals surface area contributed by atoms with E-state index in [0.717, 1.165) is 21.5 Å². The number of nitrogens with two attached hydrogens (primary N) is 1. The van der Waals surface area contributed by atoms with Crippen molar-refractivity contribution in [3.05, 3.63) is 39.6 Å². The minimum atomic E-state index is -0.159. The summed E-state index contributed by atoms with van der Waals surface area (Å²) in [6.07, 6.45) is 0. The van der Waals surface area contributed by atoms with Crippen LogP contribution in [0.5, 0.6) is 0 Å². The summed E-state index contributed by atoms with van der Waals surface area (Å²) in [4.78, 5) is 11.5. The van der Waals surface area contributed by atoms with Crippen molar-refractivity contribution in [2.24, 2.45) is 0 Å². The van der Waals surface area contributed by atoms with E-state index in [0.29, 0.717) is 11.3 Å². The number of nitrogen functional groups attached to an aromatic ring is 1. The first kappa shape index (κ1) is 13.6. The molecule has 1 heterocycles. The maximum Gasteiger partial charge on any atom is 0.251 e. The van der Waals surface area contributed by atoms with Crippen LogP contribution >= 0.6 is 15.9 Å². The highest BCUT2D eigenvalue weighted by molar-refractivity contribution is 9.10. The van der Waals surface area contributed by atoms with E-state index in [-0.39, 0.29) is 5.91 Å². The van der Waals surface area contributed by atoms with E-state index in [9.17, 15) is 4.79 Å². The maximum atomic E-state index is 11.5. The van der Waals surface area contributed by atoms with Crippen molar-refractivity contribution in [3.63, 3.8) is 0 Å². The van der Waals surface area contributed by atoms with Crippen LogP contribution in [-0.4, -0.2) is 22.7 Å². The Morgan fingerprint density at radius 2 is 2.11 bits per heavy atom. The highest BCUT2D eigenvalue weighted by Gasteiger charge is 2.13. The van der Waals surface area contributed by atoms with Crippen molar-refractivity contribution in [3.8, 4) is 5.69 Å². The third kappa shape index (κ3) is 2.35. The van der Waals surface area contributed by atoms with Gasteiger partial charge < -0.3 is 11.1 Å². The van der Waals surface area contributed by atoms with E-state index in [1.807, 2.05) is 13.8 Å². The molecule has 0 fully saturated rings. The number of anilines is 1. The fraction of sp³-hybridized carbons (Fsp3) is 0.231. The Hall–Kier alpha value is -1.82. The third-order valence-electron chi connectivity index (χ3n) is 2.95. The van der Waals surface area contributed by atoms with Gasteiger partial charge in [0, 0.05) is 12.6 Å². The first-order valence-electron chi connectivity index (χ1n) is 5.79. The number of rotatable bonds is 2. The van der Waals surface area contributed by atoms with E-state index >= 15 is 0 Å². The smallest absolute Gasteiger partial charge is 0.251 e. The average molecular weight is 323 g/mol. The summed E-state index contributed by atoms with van der Waals surface area (Å²) >= 11 is 3.48. The Morgan fingerprint density at radius 3 is 2.58 bits per heavy atom. The first-order chi connectivity index (χ1) is 8.95. The van der Waals surface area contributed by atoms with Crippen molar-refractivity contribution in [2.75, 3.05) is 12.8 Å². The molecular formula is C13H15BrN4O. The van der Waals surface area contributed by atoms with Gasteiger partial charge in [-0.2, -0.15) is 5.10 Å². The maximum absolute atomic E-state index is 11.5. The molecule has 1 aromatic heterocycles. The minimum Gasteiger partial charge on any atom is -0.397 e. The summed E-state index contributed by atoms with van der Waals surface area (Å²) in [6, 6.07) is 5.18. The lowest BCUT2D eigenvalue weighted by molar-refractivity contribution is 0.0963. The predicted molar refractivity (Wildman–Crippen MR) is 78.5 cm³/mol. The number of aryl methyl sites for hydroxylation is 1. The van der Waals surface area contributed by atoms with Crippen LogP contribution in [0.15, 0.2) is 22.7 Å². The van der Waals surface area contributed by atoms with Gasteiger partial charge in [0.25, 0.3) is 5.91 Å². The van der Waals surface area contributed by atoms with Crippen LogP contribution in [0.1, 0.15) is 21.7 Å². The third-order valence-corrected chi connectivity index (χ3v) is 4.10. The summed E-state index contributed by atoms with van der Waals surface area (Å²) in [5.41, 5.74) is 9.69. The Balaban J connectivity index is 2.52. The van der Waals surface area contributed by atoms with Gasteiger partial charge in [-0.1, -0.05) is 0 Å². The lowest BCUT2D eigenvalue weighted by Gasteiger charge is -2.09. The molecular weight excluding hydrogens is 308 g/mol. The number of benzene rings is 1. The topological polar surface area (TPSA) is 72.9 Å². The molecule has 0 saturated heterocycles. The summed E-state index contributed by atoms with van der Waals surface area (Å²) in [5.74, 6) is -0.159. The van der Waals surface area contributed by atoms with Crippen LogP contribution in [0.3, 0.4) is 0 Å². The number of carbonyl (C=O) groups excluding carboxylic acids is 1. The zero-order valence-corrected chi connectivity index (χ0v) is 12.6. The number of nitrogens with zero attached hydrogens (tertiary/aromatic N) is 2. The van der Waals surface area contributed by atoms with Crippen LogP contribution in [0.25, 0.3) is 5.69 Å². The molecule has 0 unspecified atom stereocenters. The van der Waals surface area contributed by atoms with Gasteiger partial charge >= 0.3 is 0 Å². The van der Waals surface area contributed by atoms with Crippen LogP contribution in [0.4, 0.5) is 5.69 Å². The second kappa shape index (κ2) is 5.05. The van der Waals surface area contributed by atoms with Gasteiger partial charge in [-0.3, -0.25) is 4.79 Å². The Bertz CT molecular complexity index is 648. The van der Waals surface area contributed by atoms with Gasteiger partial charge in [-0.15, -0.1) is 0 Å². The number of halogens is 1. The molecule has 2 aromatic rings. The summed E-state index contributed by atoms with van der Waals surface area (Å²) in [6.45, 7) is 3.87. The van der Waals surface area contributed by atoms with Crippen LogP contribution in [0, 0.1) is 13.8 Å². The summed E-state index contributed by atoms with van der Waals surface area (Å²) in [7, 11) is 1.59. The van der Waals surface area contributed by atoms with Gasteiger partial charge in [0.1, 0.15) is 0 Å². The molecule has 0 aliphatic carbocycles. The van der Waals surface area contributed by atoms with Gasteiger partial charge in [-0.25, -0.2) is 4.68 Å². The summed E-state index contributed by atoms with van der Waals surface area (Å²) < 4.78 is 2.73. The average Bonchev–Trinajstić information content (AvgIpc) is 2.65. The van der Waals surface area contributed by atoms with E-state index in [4.69, 9.17) is 5.73 Å². The van der Waals surface area contributed by atoms with E-state index < -0.39 is 0 Å². The van der Waals surface area contributed by atoms with Crippen LogP contribution in [-0.2, 0) is 0 Å². The molecule has 0 aliphatic rings. The fourth-order valence-corrected chi connectivity index (χ4v) is 2.14. The SMILES string of the molecule is CNC(=O)c1ccc(-n2nc(C)c(Br)c2C)c(N)c1. The molecule has 1 aromatic carbocycles. The quantitative estimate of drug-likeness (QED) is 0.832. The Labute approximate surface area is 119 Å². The van der Waals surface area contributed by atoms with Crippen molar-refractivity contribution >= 4 is 27.5 Å².